The number of aliphatic imine (C=N–C) groups is 1. The predicted molar refractivity (Wildman–Crippen MR) is 133 cm³/mol. The molecule has 0 saturated carbocycles. The van der Waals surface area contributed by atoms with Crippen molar-refractivity contribution in [2.75, 3.05) is 7.11 Å². The van der Waals surface area contributed by atoms with E-state index in [0.29, 0.717) is 0 Å². The quantitative estimate of drug-likeness (QED) is 0.278. The molecular weight excluding hydrogens is 523 g/mol. The van der Waals surface area contributed by atoms with Gasteiger partial charge in [-0.1, -0.05) is 45.9 Å². The molecule has 0 aliphatic carbocycles. The van der Waals surface area contributed by atoms with Crippen LogP contribution in [-0.2, 0) is 38.0 Å². The molecule has 2 fully saturated rings. The fourth-order valence-electron chi connectivity index (χ4n) is 4.70. The van der Waals surface area contributed by atoms with Gasteiger partial charge in [-0.25, -0.2) is 9.79 Å². The Kier molecular flexibility index (Phi) is 10.0. The van der Waals surface area contributed by atoms with Gasteiger partial charge >= 0.3 is 18.1 Å². The van der Waals surface area contributed by atoms with E-state index in [4.69, 9.17) is 28.4 Å². The first-order chi connectivity index (χ1) is 18.2. The monoisotopic (exact) mass is 559 g/mol. The van der Waals surface area contributed by atoms with E-state index in [2.05, 4.69) is 4.99 Å². The SMILES string of the molecule is COC(=O)C1OC(OC(=Nc2ccccc2)C(F)(F)F)C(C)[C@@H](C)[C@H]1O[C@@H]1O[C@@H](C)[C@H](C)C(C)C1OC(C)=O. The number of methoxy groups -OCH3 is 1. The van der Waals surface area contributed by atoms with E-state index in [1.807, 2.05) is 20.8 Å². The van der Waals surface area contributed by atoms with Gasteiger partial charge < -0.3 is 28.4 Å². The topological polar surface area (TPSA) is 102 Å². The van der Waals surface area contributed by atoms with E-state index in [0.717, 1.165) is 7.11 Å². The lowest BCUT2D eigenvalue weighted by Gasteiger charge is -2.47. The Morgan fingerprint density at radius 3 is 2.03 bits per heavy atom. The number of carbonyl (C=O) groups is 2. The van der Waals surface area contributed by atoms with Crippen molar-refractivity contribution in [3.8, 4) is 0 Å². The fourth-order valence-corrected chi connectivity index (χ4v) is 4.70. The van der Waals surface area contributed by atoms with E-state index < -0.39 is 66.7 Å². The zero-order valence-corrected chi connectivity index (χ0v) is 23.0. The number of ether oxygens (including phenoxy) is 6. The largest absolute Gasteiger partial charge is 0.468 e. The van der Waals surface area contributed by atoms with Crippen LogP contribution in [0.15, 0.2) is 35.3 Å². The maximum Gasteiger partial charge on any atom is 0.468 e. The minimum absolute atomic E-state index is 0.0343. The molecule has 0 radical (unpaired) electrons. The van der Waals surface area contributed by atoms with Gasteiger partial charge in [0.05, 0.1) is 18.9 Å². The lowest BCUT2D eigenvalue weighted by atomic mass is 9.82. The van der Waals surface area contributed by atoms with Crippen molar-refractivity contribution in [3.05, 3.63) is 30.3 Å². The maximum atomic E-state index is 13.9. The average Bonchev–Trinajstić information content (AvgIpc) is 2.88. The number of rotatable bonds is 6. The Labute approximate surface area is 225 Å². The van der Waals surface area contributed by atoms with Crippen LogP contribution in [0.3, 0.4) is 0 Å². The highest BCUT2D eigenvalue weighted by Crippen LogP contribution is 2.39. The first-order valence-electron chi connectivity index (χ1n) is 12.8. The van der Waals surface area contributed by atoms with Crippen LogP contribution in [0, 0.1) is 23.7 Å². The highest BCUT2D eigenvalue weighted by atomic mass is 19.4. The fraction of sp³-hybridized carbons (Fsp3) is 0.667. The van der Waals surface area contributed by atoms with Crippen molar-refractivity contribution in [2.45, 2.75) is 84.7 Å². The summed E-state index contributed by atoms with van der Waals surface area (Å²) in [5.74, 6) is -4.28. The first-order valence-corrected chi connectivity index (χ1v) is 12.8. The Hall–Kier alpha value is -2.70. The highest BCUT2D eigenvalue weighted by molar-refractivity contribution is 5.84. The molecule has 2 saturated heterocycles. The number of halogens is 3. The standard InChI is InChI=1S/C27H36F3NO8/c1-13-14(2)21(36-18(6)32)25(35-17(13)5)37-20-15(3)16(4)24(38-22(20)23(33)34-7)39-26(27(28,29)30)31-19-11-9-8-10-12-19/h8-17,20-22,24-25H,1-7H3/t13-,14?,15-,16?,17+,20-,21?,22?,24?,25+/m1/s1. The molecular formula is C27H36F3NO8. The molecule has 3 rings (SSSR count). The van der Waals surface area contributed by atoms with Crippen LogP contribution in [0.5, 0.6) is 0 Å². The van der Waals surface area contributed by atoms with Gasteiger partial charge in [-0.3, -0.25) is 4.79 Å². The van der Waals surface area contributed by atoms with Gasteiger partial charge in [-0.2, -0.15) is 13.2 Å². The van der Waals surface area contributed by atoms with Gasteiger partial charge in [0.2, 0.25) is 6.29 Å². The van der Waals surface area contributed by atoms with E-state index in [9.17, 15) is 22.8 Å². The molecule has 5 unspecified atom stereocenters. The molecule has 0 N–H and O–H groups in total. The molecule has 1 aromatic rings. The lowest BCUT2D eigenvalue weighted by Crippen LogP contribution is -2.59. The smallest absolute Gasteiger partial charge is 0.467 e. The Bertz CT molecular complexity index is 1020. The Morgan fingerprint density at radius 2 is 1.46 bits per heavy atom. The van der Waals surface area contributed by atoms with Crippen molar-refractivity contribution < 1.29 is 51.2 Å². The van der Waals surface area contributed by atoms with E-state index >= 15 is 0 Å². The third-order valence-electron chi connectivity index (χ3n) is 7.54. The summed E-state index contributed by atoms with van der Waals surface area (Å²) in [7, 11) is 1.13. The van der Waals surface area contributed by atoms with Crippen LogP contribution in [-0.4, -0.2) is 68.1 Å². The summed E-state index contributed by atoms with van der Waals surface area (Å²) in [4.78, 5) is 28.2. The zero-order chi connectivity index (χ0) is 29.1. The highest BCUT2D eigenvalue weighted by Gasteiger charge is 2.52. The molecule has 9 nitrogen and oxygen atoms in total. The molecule has 0 spiro atoms. The molecule has 10 atom stereocenters. The Balaban J connectivity index is 1.89. The summed E-state index contributed by atoms with van der Waals surface area (Å²) in [5.41, 5.74) is 0.0375. The van der Waals surface area contributed by atoms with Crippen LogP contribution in [0.25, 0.3) is 0 Å². The van der Waals surface area contributed by atoms with Crippen LogP contribution in [0.1, 0.15) is 41.5 Å². The van der Waals surface area contributed by atoms with E-state index in [-0.39, 0.29) is 23.6 Å². The molecule has 218 valence electrons. The maximum absolute atomic E-state index is 13.9. The number of benzene rings is 1. The normalized spacial score (nSPS) is 35.7. The first kappa shape index (κ1) is 30.8. The molecule has 0 amide bonds. The third-order valence-corrected chi connectivity index (χ3v) is 7.54. The summed E-state index contributed by atoms with van der Waals surface area (Å²) in [6.45, 7) is 10.3. The predicted octanol–water partition coefficient (Wildman–Crippen LogP) is 4.80. The molecule has 39 heavy (non-hydrogen) atoms. The Morgan fingerprint density at radius 1 is 0.846 bits per heavy atom. The molecule has 0 bridgehead atoms. The van der Waals surface area contributed by atoms with Gasteiger partial charge in [-0.05, 0) is 30.9 Å². The number of esters is 2. The minimum Gasteiger partial charge on any atom is -0.467 e. The van der Waals surface area contributed by atoms with Gasteiger partial charge in [0, 0.05) is 18.8 Å². The van der Waals surface area contributed by atoms with Crippen molar-refractivity contribution in [3.63, 3.8) is 0 Å². The summed E-state index contributed by atoms with van der Waals surface area (Å²) in [5, 5.41) is 0. The minimum atomic E-state index is -4.92. The van der Waals surface area contributed by atoms with Crippen LogP contribution >= 0.6 is 0 Å². The number of hydrogen-bond donors (Lipinski definition) is 0. The lowest BCUT2D eigenvalue weighted by molar-refractivity contribution is -0.323. The van der Waals surface area contributed by atoms with E-state index in [1.165, 1.54) is 19.1 Å². The molecule has 0 aromatic heterocycles. The van der Waals surface area contributed by atoms with Crippen molar-refractivity contribution in [1.29, 1.82) is 0 Å². The van der Waals surface area contributed by atoms with Crippen molar-refractivity contribution in [1.82, 2.24) is 0 Å². The van der Waals surface area contributed by atoms with Crippen LogP contribution < -0.4 is 0 Å². The second kappa shape index (κ2) is 12.6. The zero-order valence-electron chi connectivity index (χ0n) is 23.0. The van der Waals surface area contributed by atoms with Crippen LogP contribution in [0.2, 0.25) is 0 Å². The number of carbonyl (C=O) groups excluding carboxylic acids is 2. The second-order valence-corrected chi connectivity index (χ2v) is 10.1. The number of para-hydroxylation sites is 1. The summed E-state index contributed by atoms with van der Waals surface area (Å²) in [6.07, 6.45) is -11.0. The van der Waals surface area contributed by atoms with Crippen molar-refractivity contribution in [2.24, 2.45) is 28.7 Å². The van der Waals surface area contributed by atoms with E-state index in [1.54, 1.807) is 32.0 Å². The van der Waals surface area contributed by atoms with Gasteiger partial charge in [0.15, 0.2) is 18.5 Å². The second-order valence-electron chi connectivity index (χ2n) is 10.1. The molecule has 1 aromatic carbocycles. The van der Waals surface area contributed by atoms with Gasteiger partial charge in [0.25, 0.3) is 5.90 Å². The molecule has 2 aliphatic heterocycles. The van der Waals surface area contributed by atoms with Gasteiger partial charge in [0.1, 0.15) is 6.10 Å². The molecule has 12 heteroatoms. The summed E-state index contributed by atoms with van der Waals surface area (Å²) in [6, 6.07) is 7.53. The number of alkyl halides is 3. The average molecular weight is 560 g/mol. The number of nitrogens with zero attached hydrogens (tertiary/aromatic N) is 1. The molecule has 2 heterocycles. The summed E-state index contributed by atoms with van der Waals surface area (Å²) < 4.78 is 75.3. The molecule has 2 aliphatic rings. The summed E-state index contributed by atoms with van der Waals surface area (Å²) >= 11 is 0. The number of hydrogen-bond acceptors (Lipinski definition) is 9. The van der Waals surface area contributed by atoms with Crippen LogP contribution in [0.4, 0.5) is 18.9 Å². The van der Waals surface area contributed by atoms with Crippen molar-refractivity contribution >= 4 is 23.5 Å². The third kappa shape index (κ3) is 7.29. The van der Waals surface area contributed by atoms with Gasteiger partial charge in [-0.15, -0.1) is 0 Å².